The molecule has 0 aromatic carbocycles. The van der Waals surface area contributed by atoms with E-state index in [1.807, 2.05) is 13.8 Å². The highest BCUT2D eigenvalue weighted by Crippen LogP contribution is 2.47. The zero-order valence-corrected chi connectivity index (χ0v) is 20.9. The van der Waals surface area contributed by atoms with E-state index in [1.165, 1.54) is 7.11 Å². The SMILES string of the molecule is COC(=O)C[C@@H]1O[C@H](/C(C)=C/C=C/[C@@H](C)C[C@@]2(C)O[C@@H]2[C@H](C)C(OC)[C@@H](C)O)C=C[C@H]1C. The van der Waals surface area contributed by atoms with Crippen LogP contribution in [0.5, 0.6) is 0 Å². The molecule has 0 bridgehead atoms. The summed E-state index contributed by atoms with van der Waals surface area (Å²) in [4.78, 5) is 11.6. The van der Waals surface area contributed by atoms with Crippen molar-refractivity contribution in [2.24, 2.45) is 17.8 Å². The van der Waals surface area contributed by atoms with Crippen molar-refractivity contribution in [1.29, 1.82) is 0 Å². The van der Waals surface area contributed by atoms with Gasteiger partial charge < -0.3 is 24.1 Å². The van der Waals surface area contributed by atoms with Gasteiger partial charge in [-0.3, -0.25) is 4.79 Å². The number of hydrogen-bond donors (Lipinski definition) is 1. The number of aliphatic hydroxyl groups is 1. The summed E-state index contributed by atoms with van der Waals surface area (Å²) in [5, 5.41) is 9.94. The van der Waals surface area contributed by atoms with Gasteiger partial charge in [0.25, 0.3) is 0 Å². The molecule has 6 nitrogen and oxygen atoms in total. The number of carbonyl (C=O) groups excluding carboxylic acids is 1. The molecule has 6 heteroatoms. The van der Waals surface area contributed by atoms with Crippen LogP contribution < -0.4 is 0 Å². The minimum absolute atomic E-state index is 0.0877. The summed E-state index contributed by atoms with van der Waals surface area (Å²) in [5.41, 5.74) is 0.895. The lowest BCUT2D eigenvalue weighted by Crippen LogP contribution is -2.36. The maximum atomic E-state index is 11.6. The highest BCUT2D eigenvalue weighted by molar-refractivity contribution is 5.69. The first-order valence-corrected chi connectivity index (χ1v) is 11.7. The van der Waals surface area contributed by atoms with Crippen LogP contribution in [0.2, 0.25) is 0 Å². The molecule has 2 aliphatic rings. The second-order valence-corrected chi connectivity index (χ2v) is 9.75. The van der Waals surface area contributed by atoms with E-state index < -0.39 is 6.10 Å². The Morgan fingerprint density at radius 3 is 2.53 bits per heavy atom. The van der Waals surface area contributed by atoms with Crippen molar-refractivity contribution < 1.29 is 28.8 Å². The summed E-state index contributed by atoms with van der Waals surface area (Å²) in [6.45, 7) is 12.2. The lowest BCUT2D eigenvalue weighted by molar-refractivity contribution is -0.145. The normalized spacial score (nSPS) is 34.2. The Morgan fingerprint density at radius 2 is 1.94 bits per heavy atom. The van der Waals surface area contributed by atoms with Crippen molar-refractivity contribution in [2.45, 2.75) is 90.5 Å². The number of carbonyl (C=O) groups is 1. The molecule has 2 rings (SSSR count). The molecule has 0 amide bonds. The monoisotopic (exact) mass is 450 g/mol. The highest BCUT2D eigenvalue weighted by atomic mass is 16.6. The lowest BCUT2D eigenvalue weighted by atomic mass is 9.86. The van der Waals surface area contributed by atoms with E-state index in [2.05, 4.69) is 51.2 Å². The van der Waals surface area contributed by atoms with E-state index in [4.69, 9.17) is 18.9 Å². The lowest BCUT2D eigenvalue weighted by Gasteiger charge is -2.30. The molecule has 2 heterocycles. The Hall–Kier alpha value is -1.47. The highest BCUT2D eigenvalue weighted by Gasteiger charge is 2.56. The van der Waals surface area contributed by atoms with Crippen LogP contribution in [0.4, 0.5) is 0 Å². The fraction of sp³-hybridized carbons (Fsp3) is 0.731. The van der Waals surface area contributed by atoms with Gasteiger partial charge in [0.2, 0.25) is 0 Å². The second kappa shape index (κ2) is 11.6. The standard InChI is InChI=1S/C26H42O6/c1-16(15-26(6)25(32-26)19(4)24(30-8)20(5)27)10-9-11-17(2)21-13-12-18(3)22(31-21)14-23(28)29-7/h9-13,16,18-22,24-25,27H,14-15H2,1-8H3/b10-9+,17-11+/t16-,18-,19-,20-,21+,22+,24?,25-,26-/m1/s1. The van der Waals surface area contributed by atoms with Gasteiger partial charge in [-0.2, -0.15) is 0 Å². The van der Waals surface area contributed by atoms with E-state index in [0.29, 0.717) is 5.92 Å². The van der Waals surface area contributed by atoms with Gasteiger partial charge in [0.15, 0.2) is 0 Å². The Balaban J connectivity index is 1.89. The summed E-state index contributed by atoms with van der Waals surface area (Å²) >= 11 is 0. The van der Waals surface area contributed by atoms with Crippen LogP contribution in [0.1, 0.15) is 54.4 Å². The molecule has 0 aromatic heterocycles. The average Bonchev–Trinajstić information content (AvgIpc) is 3.39. The van der Waals surface area contributed by atoms with Gasteiger partial charge in [0.1, 0.15) is 0 Å². The summed E-state index contributed by atoms with van der Waals surface area (Å²) in [6, 6.07) is 0. The van der Waals surface area contributed by atoms with Crippen molar-refractivity contribution in [2.75, 3.05) is 14.2 Å². The fourth-order valence-corrected chi connectivity index (χ4v) is 4.80. The van der Waals surface area contributed by atoms with E-state index >= 15 is 0 Å². The summed E-state index contributed by atoms with van der Waals surface area (Å²) in [6.07, 6.45) is 10.7. The number of aliphatic hydroxyl groups excluding tert-OH is 1. The molecule has 182 valence electrons. The molecule has 0 aliphatic carbocycles. The van der Waals surface area contributed by atoms with Crippen molar-refractivity contribution in [3.05, 3.63) is 36.0 Å². The van der Waals surface area contributed by atoms with Crippen molar-refractivity contribution in [1.82, 2.24) is 0 Å². The third kappa shape index (κ3) is 7.01. The quantitative estimate of drug-likeness (QED) is 0.220. The minimum atomic E-state index is -0.528. The van der Waals surface area contributed by atoms with Gasteiger partial charge in [-0.1, -0.05) is 51.2 Å². The Labute approximate surface area is 193 Å². The molecule has 1 saturated heterocycles. The number of hydrogen-bond acceptors (Lipinski definition) is 6. The fourth-order valence-electron chi connectivity index (χ4n) is 4.80. The maximum Gasteiger partial charge on any atom is 0.308 e. The number of esters is 1. The van der Waals surface area contributed by atoms with Gasteiger partial charge in [0, 0.05) is 18.9 Å². The molecule has 1 fully saturated rings. The number of ether oxygens (including phenoxy) is 4. The van der Waals surface area contributed by atoms with Crippen molar-refractivity contribution in [3.63, 3.8) is 0 Å². The Bertz CT molecular complexity index is 711. The van der Waals surface area contributed by atoms with Gasteiger partial charge >= 0.3 is 5.97 Å². The summed E-state index contributed by atoms with van der Waals surface area (Å²) in [7, 11) is 3.04. The Kier molecular flexibility index (Phi) is 9.70. The molecule has 9 atom stereocenters. The summed E-state index contributed by atoms with van der Waals surface area (Å²) < 4.78 is 22.4. The van der Waals surface area contributed by atoms with E-state index in [9.17, 15) is 9.90 Å². The first-order valence-electron chi connectivity index (χ1n) is 11.7. The molecule has 1 unspecified atom stereocenters. The number of epoxide rings is 1. The third-order valence-electron chi connectivity index (χ3n) is 6.75. The molecule has 1 N–H and O–H groups in total. The van der Waals surface area contributed by atoms with Crippen molar-refractivity contribution >= 4 is 5.97 Å². The minimum Gasteiger partial charge on any atom is -0.469 e. The predicted octanol–water partition coefficient (Wildman–Crippen LogP) is 4.23. The molecule has 0 spiro atoms. The molecule has 32 heavy (non-hydrogen) atoms. The Morgan fingerprint density at radius 1 is 1.25 bits per heavy atom. The zero-order chi connectivity index (χ0) is 24.1. The topological polar surface area (TPSA) is 77.5 Å². The third-order valence-corrected chi connectivity index (χ3v) is 6.75. The van der Waals surface area contributed by atoms with E-state index in [-0.39, 0.29) is 54.2 Å². The van der Waals surface area contributed by atoms with Crippen LogP contribution in [0.25, 0.3) is 0 Å². The van der Waals surface area contributed by atoms with Crippen LogP contribution in [0.3, 0.4) is 0 Å². The largest absolute Gasteiger partial charge is 0.469 e. The smallest absolute Gasteiger partial charge is 0.308 e. The van der Waals surface area contributed by atoms with E-state index in [0.717, 1.165) is 12.0 Å². The molecule has 0 radical (unpaired) electrons. The maximum absolute atomic E-state index is 11.6. The van der Waals surface area contributed by atoms with E-state index in [1.54, 1.807) is 14.0 Å². The first-order chi connectivity index (χ1) is 15.0. The molecular formula is C26H42O6. The van der Waals surface area contributed by atoms with Crippen LogP contribution in [-0.4, -0.2) is 61.4 Å². The van der Waals surface area contributed by atoms with Gasteiger partial charge in [0.05, 0.1) is 49.7 Å². The molecular weight excluding hydrogens is 408 g/mol. The summed E-state index contributed by atoms with van der Waals surface area (Å²) in [5.74, 6) is 0.386. The number of rotatable bonds is 11. The van der Waals surface area contributed by atoms with Crippen LogP contribution in [0, 0.1) is 17.8 Å². The second-order valence-electron chi connectivity index (χ2n) is 9.75. The van der Waals surface area contributed by atoms with Crippen LogP contribution in [-0.2, 0) is 23.7 Å². The molecule has 0 aromatic rings. The number of allylic oxidation sites excluding steroid dienone is 3. The zero-order valence-electron chi connectivity index (χ0n) is 20.9. The predicted molar refractivity (Wildman–Crippen MR) is 125 cm³/mol. The van der Waals surface area contributed by atoms with Gasteiger partial charge in [-0.25, -0.2) is 0 Å². The molecule has 2 aliphatic heterocycles. The molecule has 0 saturated carbocycles. The van der Waals surface area contributed by atoms with Gasteiger partial charge in [-0.05, 0) is 38.7 Å². The van der Waals surface area contributed by atoms with Crippen molar-refractivity contribution in [3.8, 4) is 0 Å². The van der Waals surface area contributed by atoms with Gasteiger partial charge in [-0.15, -0.1) is 0 Å². The average molecular weight is 451 g/mol. The first kappa shape index (κ1) is 26.8. The number of methoxy groups -OCH3 is 2. The van der Waals surface area contributed by atoms with Crippen LogP contribution in [0.15, 0.2) is 36.0 Å². The van der Waals surface area contributed by atoms with Crippen LogP contribution >= 0.6 is 0 Å².